The molecule has 2 heterocycles. The Bertz CT molecular complexity index is 1110. The first kappa shape index (κ1) is 25.9. The van der Waals surface area contributed by atoms with E-state index >= 15 is 0 Å². The molecule has 6 nitrogen and oxygen atoms in total. The van der Waals surface area contributed by atoms with Gasteiger partial charge in [-0.15, -0.1) is 0 Å². The maximum Gasteiger partial charge on any atom is 0.410 e. The highest BCUT2D eigenvalue weighted by molar-refractivity contribution is 14.1. The van der Waals surface area contributed by atoms with Crippen LogP contribution in [-0.2, 0) is 22.8 Å². The van der Waals surface area contributed by atoms with E-state index in [1.54, 1.807) is 0 Å². The Morgan fingerprint density at radius 2 is 1.86 bits per heavy atom. The fraction of sp³-hybridized carbons (Fsp3) is 0.407. The van der Waals surface area contributed by atoms with Crippen LogP contribution in [0.4, 0.5) is 4.79 Å². The molecule has 35 heavy (non-hydrogen) atoms. The number of halogens is 1. The van der Waals surface area contributed by atoms with Gasteiger partial charge in [0, 0.05) is 36.6 Å². The quantitative estimate of drug-likeness (QED) is 0.151. The van der Waals surface area contributed by atoms with Crippen molar-refractivity contribution in [2.24, 2.45) is 0 Å². The lowest BCUT2D eigenvalue weighted by Crippen LogP contribution is -2.32. The monoisotopic (exact) mass is 603 g/mol. The second-order valence-electron chi connectivity index (χ2n) is 10.2. The van der Waals surface area contributed by atoms with E-state index in [4.69, 9.17) is 14.5 Å². The molecule has 0 saturated carbocycles. The minimum Gasteiger partial charge on any atom is -0.445 e. The highest BCUT2D eigenvalue weighted by atomic mass is 127. The number of hydrogen-bond donors (Lipinski definition) is 0. The van der Waals surface area contributed by atoms with Gasteiger partial charge in [0.1, 0.15) is 19.2 Å². The van der Waals surface area contributed by atoms with Crippen molar-refractivity contribution in [1.82, 2.24) is 14.5 Å². The van der Waals surface area contributed by atoms with Gasteiger partial charge in [-0.25, -0.2) is 9.78 Å². The third-order valence-corrected chi connectivity index (χ3v) is 8.59. The minimum absolute atomic E-state index is 0.128. The summed E-state index contributed by atoms with van der Waals surface area (Å²) in [5.41, 5.74) is 2.94. The van der Waals surface area contributed by atoms with Gasteiger partial charge in [0.05, 0.1) is 11.7 Å². The third kappa shape index (κ3) is 7.17. The zero-order chi connectivity index (χ0) is 24.8. The Morgan fingerprint density at radius 3 is 2.57 bits per heavy atom. The normalized spacial score (nSPS) is 16.0. The number of likely N-dealkylation sites (tertiary alicyclic amines) is 1. The number of nitrogens with zero attached hydrogens (tertiary/aromatic N) is 3. The van der Waals surface area contributed by atoms with E-state index in [9.17, 15) is 4.79 Å². The summed E-state index contributed by atoms with van der Waals surface area (Å²) in [4.78, 5) is 19.9. The molecule has 0 N–H and O–H groups in total. The van der Waals surface area contributed by atoms with Gasteiger partial charge < -0.3 is 14.0 Å². The second kappa shape index (κ2) is 11.7. The number of rotatable bonds is 9. The molecule has 0 spiro atoms. The van der Waals surface area contributed by atoms with Crippen LogP contribution in [0.1, 0.15) is 30.3 Å². The van der Waals surface area contributed by atoms with Crippen molar-refractivity contribution in [2.45, 2.75) is 57.9 Å². The molecule has 1 fully saturated rings. The number of imidazole rings is 1. The van der Waals surface area contributed by atoms with E-state index in [1.807, 2.05) is 35.2 Å². The van der Waals surface area contributed by atoms with Gasteiger partial charge in [-0.1, -0.05) is 62.1 Å². The molecule has 1 aliphatic heterocycles. The van der Waals surface area contributed by atoms with Crippen LogP contribution in [0.3, 0.4) is 0 Å². The molecule has 3 aromatic rings. The van der Waals surface area contributed by atoms with E-state index in [0.29, 0.717) is 13.3 Å². The fourth-order valence-corrected chi connectivity index (χ4v) is 5.27. The van der Waals surface area contributed by atoms with Crippen LogP contribution >= 0.6 is 22.6 Å². The van der Waals surface area contributed by atoms with E-state index in [0.717, 1.165) is 48.1 Å². The second-order valence-corrected chi connectivity index (χ2v) is 17.1. The zero-order valence-corrected chi connectivity index (χ0v) is 23.9. The molecular weight excluding hydrogens is 569 g/mol. The molecule has 8 heteroatoms. The summed E-state index contributed by atoms with van der Waals surface area (Å²) in [5, 5.41) is 0. The Balaban J connectivity index is 1.53. The summed E-state index contributed by atoms with van der Waals surface area (Å²) < 4.78 is 15.0. The average Bonchev–Trinajstić information content (AvgIpc) is 3.48. The molecule has 0 bridgehead atoms. The van der Waals surface area contributed by atoms with Crippen molar-refractivity contribution in [3.8, 4) is 11.3 Å². The van der Waals surface area contributed by atoms with Crippen LogP contribution in [0.5, 0.6) is 0 Å². The van der Waals surface area contributed by atoms with E-state index in [1.165, 1.54) is 3.57 Å². The molecule has 4 rings (SSSR count). The van der Waals surface area contributed by atoms with Crippen LogP contribution in [0.25, 0.3) is 11.3 Å². The Hall–Kier alpha value is -2.17. The number of hydrogen-bond acceptors (Lipinski definition) is 4. The molecule has 1 amide bonds. The summed E-state index contributed by atoms with van der Waals surface area (Å²) >= 11 is 2.31. The first-order chi connectivity index (χ1) is 16.8. The maximum atomic E-state index is 13.0. The third-order valence-electron chi connectivity index (χ3n) is 6.16. The van der Waals surface area contributed by atoms with Crippen LogP contribution in [-0.4, -0.2) is 41.8 Å². The molecule has 0 unspecified atom stereocenters. The molecule has 0 aliphatic carbocycles. The van der Waals surface area contributed by atoms with Crippen molar-refractivity contribution in [3.63, 3.8) is 0 Å². The molecule has 1 aliphatic rings. The Labute approximate surface area is 222 Å². The Kier molecular flexibility index (Phi) is 8.67. The Morgan fingerprint density at radius 1 is 1.11 bits per heavy atom. The van der Waals surface area contributed by atoms with Gasteiger partial charge >= 0.3 is 6.09 Å². The number of benzene rings is 2. The predicted octanol–water partition coefficient (Wildman–Crippen LogP) is 6.94. The SMILES string of the molecule is C[Si](C)(C)CCOCn1cc(-c2ccc(I)cc2)nc1[C@@H]1CCCN1C(=O)OCc1ccccc1. The first-order valence-electron chi connectivity index (χ1n) is 12.2. The van der Waals surface area contributed by atoms with E-state index in [-0.39, 0.29) is 18.7 Å². The van der Waals surface area contributed by atoms with Crippen LogP contribution in [0.2, 0.25) is 25.7 Å². The van der Waals surface area contributed by atoms with Gasteiger partial charge in [0.2, 0.25) is 0 Å². The minimum atomic E-state index is -1.17. The zero-order valence-electron chi connectivity index (χ0n) is 20.7. The highest BCUT2D eigenvalue weighted by Gasteiger charge is 2.34. The van der Waals surface area contributed by atoms with E-state index < -0.39 is 8.07 Å². The fourth-order valence-electron chi connectivity index (χ4n) is 4.16. The molecule has 186 valence electrons. The average molecular weight is 604 g/mol. The molecule has 1 saturated heterocycles. The van der Waals surface area contributed by atoms with Crippen molar-refractivity contribution < 1.29 is 14.3 Å². The number of carbonyl (C=O) groups excluding carboxylic acids is 1. The molecule has 1 aromatic heterocycles. The number of aromatic nitrogens is 2. The molecule has 2 aromatic carbocycles. The van der Waals surface area contributed by atoms with Gasteiger partial charge in [-0.2, -0.15) is 0 Å². The molecule has 0 radical (unpaired) electrons. The number of carbonyl (C=O) groups is 1. The summed E-state index contributed by atoms with van der Waals surface area (Å²) in [7, 11) is -1.17. The lowest BCUT2D eigenvalue weighted by Gasteiger charge is -2.24. The van der Waals surface area contributed by atoms with Crippen LogP contribution < -0.4 is 0 Å². The summed E-state index contributed by atoms with van der Waals surface area (Å²) in [6.45, 7) is 9.16. The summed E-state index contributed by atoms with van der Waals surface area (Å²) in [6, 6.07) is 19.1. The van der Waals surface area contributed by atoms with E-state index in [2.05, 4.69) is 77.3 Å². The predicted molar refractivity (Wildman–Crippen MR) is 150 cm³/mol. The smallest absolute Gasteiger partial charge is 0.410 e. The summed E-state index contributed by atoms with van der Waals surface area (Å²) in [6.07, 6.45) is 3.55. The van der Waals surface area contributed by atoms with Gasteiger partial charge in [0.15, 0.2) is 0 Å². The van der Waals surface area contributed by atoms with Crippen LogP contribution in [0, 0.1) is 3.57 Å². The van der Waals surface area contributed by atoms with Gasteiger partial charge in [-0.3, -0.25) is 4.90 Å². The van der Waals surface area contributed by atoms with Crippen molar-refractivity contribution >= 4 is 36.8 Å². The van der Waals surface area contributed by atoms with Crippen LogP contribution in [0.15, 0.2) is 60.8 Å². The van der Waals surface area contributed by atoms with Crippen molar-refractivity contribution in [3.05, 3.63) is 75.8 Å². The first-order valence-corrected chi connectivity index (χ1v) is 17.0. The number of ether oxygens (including phenoxy) is 2. The topological polar surface area (TPSA) is 56.6 Å². The lowest BCUT2D eigenvalue weighted by molar-refractivity contribution is 0.0743. The summed E-state index contributed by atoms with van der Waals surface area (Å²) in [5.74, 6) is 0.862. The maximum absolute atomic E-state index is 13.0. The largest absolute Gasteiger partial charge is 0.445 e. The lowest BCUT2D eigenvalue weighted by atomic mass is 10.2. The number of amides is 1. The van der Waals surface area contributed by atoms with Gasteiger partial charge in [0.25, 0.3) is 0 Å². The van der Waals surface area contributed by atoms with Crippen molar-refractivity contribution in [2.75, 3.05) is 13.2 Å². The van der Waals surface area contributed by atoms with Gasteiger partial charge in [-0.05, 0) is 59.2 Å². The molecular formula is C27H34IN3O3Si. The molecule has 1 atom stereocenters. The highest BCUT2D eigenvalue weighted by Crippen LogP contribution is 2.34. The van der Waals surface area contributed by atoms with Crippen molar-refractivity contribution in [1.29, 1.82) is 0 Å². The standard InChI is InChI=1S/C27H34IN3O3Si/c1-35(2,3)17-16-33-20-30-18-24(22-11-13-23(28)14-12-22)29-26(30)25-10-7-15-31(25)27(32)34-19-21-8-5-4-6-9-21/h4-6,8-9,11-14,18,25H,7,10,15-17,19-20H2,1-3H3/t25-/m0/s1.